The van der Waals surface area contributed by atoms with Crippen LogP contribution in [-0.4, -0.2) is 11.1 Å². The van der Waals surface area contributed by atoms with Crippen LogP contribution in [-0.2, 0) is 4.79 Å². The van der Waals surface area contributed by atoms with Crippen LogP contribution in [0.4, 0.5) is 0 Å². The molecule has 0 unspecified atom stereocenters. The number of carboxylic acid groups (broad SMARTS) is 1. The second-order valence-electron chi connectivity index (χ2n) is 3.80. The molecule has 0 aromatic heterocycles. The van der Waals surface area contributed by atoms with Crippen molar-refractivity contribution in [2.24, 2.45) is 0 Å². The Morgan fingerprint density at radius 2 is 1.82 bits per heavy atom. The predicted octanol–water partition coefficient (Wildman–Crippen LogP) is 3.68. The van der Waals surface area contributed by atoms with Crippen molar-refractivity contribution < 1.29 is 9.90 Å². The van der Waals surface area contributed by atoms with Crippen LogP contribution < -0.4 is 0 Å². The number of hydrogen-bond donors (Lipinski definition) is 1. The number of carbonyl (C=O) groups is 1. The van der Waals surface area contributed by atoms with Crippen molar-refractivity contribution in [2.75, 3.05) is 0 Å². The van der Waals surface area contributed by atoms with Gasteiger partial charge in [0.1, 0.15) is 0 Å². The van der Waals surface area contributed by atoms with Crippen LogP contribution in [0.15, 0.2) is 60.2 Å². The van der Waals surface area contributed by atoms with Gasteiger partial charge in [-0.15, -0.1) is 0 Å². The second-order valence-corrected chi connectivity index (χ2v) is 3.80. The first kappa shape index (κ1) is 13.0. The molecule has 0 aliphatic heterocycles. The molecule has 2 heteroatoms. The van der Waals surface area contributed by atoms with Crippen LogP contribution in [0.3, 0.4) is 0 Å². The fraction of sp³-hybridized carbons (Fsp3) is 0.133. The third kappa shape index (κ3) is 4.98. The van der Waals surface area contributed by atoms with E-state index in [0.717, 1.165) is 16.7 Å². The first-order valence-corrected chi connectivity index (χ1v) is 5.41. The molecule has 88 valence electrons. The average molecular weight is 228 g/mol. The van der Waals surface area contributed by atoms with Gasteiger partial charge in [-0.25, -0.2) is 4.79 Å². The Morgan fingerprint density at radius 3 is 2.41 bits per heavy atom. The molecule has 0 aliphatic rings. The molecule has 0 spiro atoms. The Kier molecular flexibility index (Phi) is 4.95. The van der Waals surface area contributed by atoms with E-state index >= 15 is 0 Å². The largest absolute Gasteiger partial charge is 0.478 e. The smallest absolute Gasteiger partial charge is 0.328 e. The maximum atomic E-state index is 10.4. The molecule has 0 radical (unpaired) electrons. The van der Waals surface area contributed by atoms with Gasteiger partial charge < -0.3 is 5.11 Å². The van der Waals surface area contributed by atoms with E-state index in [0.29, 0.717) is 0 Å². The van der Waals surface area contributed by atoms with Gasteiger partial charge in [-0.05, 0) is 30.6 Å². The molecule has 0 heterocycles. The quantitative estimate of drug-likeness (QED) is 0.630. The van der Waals surface area contributed by atoms with Gasteiger partial charge in [0, 0.05) is 6.08 Å². The lowest BCUT2D eigenvalue weighted by molar-refractivity contribution is -0.131. The molecular formula is C15H16O2. The minimum absolute atomic E-state index is 0.717. The van der Waals surface area contributed by atoms with Crippen molar-refractivity contribution in [2.45, 2.75) is 13.8 Å². The van der Waals surface area contributed by atoms with Crippen molar-refractivity contribution in [3.8, 4) is 0 Å². The van der Waals surface area contributed by atoms with E-state index in [1.165, 1.54) is 6.08 Å². The van der Waals surface area contributed by atoms with Crippen LogP contribution in [0, 0.1) is 0 Å². The molecule has 1 aromatic carbocycles. The topological polar surface area (TPSA) is 37.3 Å². The molecule has 1 aromatic rings. The summed E-state index contributed by atoms with van der Waals surface area (Å²) in [6.07, 6.45) is 6.79. The number of aliphatic carboxylic acids is 1. The van der Waals surface area contributed by atoms with E-state index in [-0.39, 0.29) is 0 Å². The number of hydrogen-bond acceptors (Lipinski definition) is 1. The Bertz CT molecular complexity index is 465. The summed E-state index contributed by atoms with van der Waals surface area (Å²) in [7, 11) is 0. The molecule has 1 N–H and O–H groups in total. The van der Waals surface area contributed by atoms with E-state index in [1.807, 2.05) is 49.4 Å². The highest BCUT2D eigenvalue weighted by Crippen LogP contribution is 2.12. The summed E-state index contributed by atoms with van der Waals surface area (Å²) in [6, 6.07) is 10.0. The molecule has 0 atom stereocenters. The number of allylic oxidation sites excluding steroid dienone is 5. The first-order chi connectivity index (χ1) is 8.09. The van der Waals surface area contributed by atoms with Crippen molar-refractivity contribution in [3.63, 3.8) is 0 Å². The molecule has 17 heavy (non-hydrogen) atoms. The third-order valence-electron chi connectivity index (χ3n) is 2.29. The van der Waals surface area contributed by atoms with Gasteiger partial charge in [-0.2, -0.15) is 0 Å². The monoisotopic (exact) mass is 228 g/mol. The van der Waals surface area contributed by atoms with Crippen LogP contribution in [0.1, 0.15) is 19.4 Å². The summed E-state index contributed by atoms with van der Waals surface area (Å²) in [5, 5.41) is 8.54. The first-order valence-electron chi connectivity index (χ1n) is 5.41. The van der Waals surface area contributed by atoms with E-state index in [2.05, 4.69) is 0 Å². The molecular weight excluding hydrogens is 212 g/mol. The summed E-state index contributed by atoms with van der Waals surface area (Å²) in [5.41, 5.74) is 3.02. The van der Waals surface area contributed by atoms with Crippen LogP contribution in [0.25, 0.3) is 5.57 Å². The number of benzene rings is 1. The van der Waals surface area contributed by atoms with Gasteiger partial charge >= 0.3 is 5.97 Å². The lowest BCUT2D eigenvalue weighted by Crippen LogP contribution is -1.87. The summed E-state index contributed by atoms with van der Waals surface area (Å²) in [5.74, 6) is -0.920. The van der Waals surface area contributed by atoms with Crippen LogP contribution in [0.2, 0.25) is 0 Å². The fourth-order valence-corrected chi connectivity index (χ4v) is 1.38. The SMILES string of the molecule is CC(C=CC=C(C)c1ccccc1)=CC(=O)O. The third-order valence-corrected chi connectivity index (χ3v) is 2.29. The standard InChI is InChI=1S/C15H16O2/c1-12(11-15(16)17)7-6-8-13(2)14-9-4-3-5-10-14/h3-11H,1-2H3,(H,16,17). The Morgan fingerprint density at radius 1 is 1.18 bits per heavy atom. The zero-order valence-corrected chi connectivity index (χ0v) is 10.1. The second kappa shape index (κ2) is 6.48. The number of rotatable bonds is 4. The lowest BCUT2D eigenvalue weighted by Gasteiger charge is -1.98. The van der Waals surface area contributed by atoms with E-state index in [1.54, 1.807) is 13.0 Å². The predicted molar refractivity (Wildman–Crippen MR) is 70.6 cm³/mol. The van der Waals surface area contributed by atoms with Gasteiger partial charge in [-0.1, -0.05) is 48.6 Å². The molecule has 0 fully saturated rings. The Hall–Kier alpha value is -2.09. The Balaban J connectivity index is 2.72. The molecule has 2 nitrogen and oxygen atoms in total. The summed E-state index contributed by atoms with van der Waals surface area (Å²) in [4.78, 5) is 10.4. The summed E-state index contributed by atoms with van der Waals surface area (Å²) >= 11 is 0. The molecule has 0 saturated carbocycles. The Labute approximate surface area is 102 Å². The molecule has 0 bridgehead atoms. The molecule has 0 saturated heterocycles. The maximum Gasteiger partial charge on any atom is 0.328 e. The molecule has 0 amide bonds. The normalized spacial score (nSPS) is 13.1. The highest BCUT2D eigenvalue weighted by atomic mass is 16.4. The minimum Gasteiger partial charge on any atom is -0.478 e. The number of carboxylic acids is 1. The fourth-order valence-electron chi connectivity index (χ4n) is 1.38. The van der Waals surface area contributed by atoms with Crippen molar-refractivity contribution >= 4 is 11.5 Å². The van der Waals surface area contributed by atoms with Crippen molar-refractivity contribution in [1.29, 1.82) is 0 Å². The molecule has 0 aliphatic carbocycles. The van der Waals surface area contributed by atoms with Crippen molar-refractivity contribution in [3.05, 3.63) is 65.8 Å². The van der Waals surface area contributed by atoms with Crippen LogP contribution in [0.5, 0.6) is 0 Å². The highest BCUT2D eigenvalue weighted by molar-refractivity contribution is 5.81. The highest BCUT2D eigenvalue weighted by Gasteiger charge is 1.91. The van der Waals surface area contributed by atoms with E-state index < -0.39 is 5.97 Å². The summed E-state index contributed by atoms with van der Waals surface area (Å²) in [6.45, 7) is 3.78. The van der Waals surface area contributed by atoms with Gasteiger partial charge in [0.15, 0.2) is 0 Å². The minimum atomic E-state index is -0.920. The van der Waals surface area contributed by atoms with E-state index in [4.69, 9.17) is 5.11 Å². The van der Waals surface area contributed by atoms with E-state index in [9.17, 15) is 4.79 Å². The average Bonchev–Trinajstić information content (AvgIpc) is 2.29. The lowest BCUT2D eigenvalue weighted by atomic mass is 10.1. The zero-order valence-electron chi connectivity index (χ0n) is 10.1. The van der Waals surface area contributed by atoms with Gasteiger partial charge in [-0.3, -0.25) is 0 Å². The van der Waals surface area contributed by atoms with Gasteiger partial charge in [0.05, 0.1) is 0 Å². The summed E-state index contributed by atoms with van der Waals surface area (Å²) < 4.78 is 0. The molecule has 1 rings (SSSR count). The van der Waals surface area contributed by atoms with Crippen molar-refractivity contribution in [1.82, 2.24) is 0 Å². The van der Waals surface area contributed by atoms with Gasteiger partial charge in [0.25, 0.3) is 0 Å². The zero-order chi connectivity index (χ0) is 12.7. The van der Waals surface area contributed by atoms with Crippen LogP contribution >= 0.6 is 0 Å². The maximum absolute atomic E-state index is 10.4. The van der Waals surface area contributed by atoms with Gasteiger partial charge in [0.2, 0.25) is 0 Å².